The van der Waals surface area contributed by atoms with Crippen molar-refractivity contribution in [3.8, 4) is 0 Å². The number of hydrogen-bond acceptors (Lipinski definition) is 1. The van der Waals surface area contributed by atoms with Crippen LogP contribution in [0.15, 0.2) is 11.6 Å². The van der Waals surface area contributed by atoms with Gasteiger partial charge in [0, 0.05) is 6.04 Å². The van der Waals surface area contributed by atoms with Crippen LogP contribution in [0.3, 0.4) is 0 Å². The summed E-state index contributed by atoms with van der Waals surface area (Å²) >= 11 is 0. The fraction of sp³-hybridized carbons (Fsp3) is 0.833. The van der Waals surface area contributed by atoms with Gasteiger partial charge in [-0.05, 0) is 32.1 Å². The zero-order valence-corrected chi connectivity index (χ0v) is 9.05. The molecule has 0 spiro atoms. The Morgan fingerprint density at radius 3 is 2.77 bits per heavy atom. The van der Waals surface area contributed by atoms with E-state index in [4.69, 9.17) is 5.73 Å². The molecule has 0 aromatic rings. The summed E-state index contributed by atoms with van der Waals surface area (Å²) in [5.41, 5.74) is 7.46. The second kappa shape index (κ2) is 5.43. The van der Waals surface area contributed by atoms with E-state index in [0.717, 1.165) is 5.92 Å². The highest BCUT2D eigenvalue weighted by Crippen LogP contribution is 2.34. The van der Waals surface area contributed by atoms with Crippen molar-refractivity contribution in [2.24, 2.45) is 11.7 Å². The van der Waals surface area contributed by atoms with Crippen molar-refractivity contribution in [2.45, 2.75) is 58.4 Å². The quantitative estimate of drug-likeness (QED) is 0.625. The molecule has 76 valence electrons. The summed E-state index contributed by atoms with van der Waals surface area (Å²) in [6.07, 6.45) is 10.2. The largest absolute Gasteiger partial charge is 0.324 e. The molecular weight excluding hydrogens is 158 g/mol. The third kappa shape index (κ3) is 4.47. The van der Waals surface area contributed by atoms with Crippen molar-refractivity contribution in [3.05, 3.63) is 11.6 Å². The average molecular weight is 181 g/mol. The Kier molecular flexibility index (Phi) is 4.51. The number of allylic oxidation sites excluding steroid dienone is 1. The van der Waals surface area contributed by atoms with Gasteiger partial charge in [0.05, 0.1) is 0 Å². The van der Waals surface area contributed by atoms with Gasteiger partial charge in [0.15, 0.2) is 0 Å². The van der Waals surface area contributed by atoms with Crippen LogP contribution in [0.5, 0.6) is 0 Å². The minimum absolute atomic E-state index is 0.326. The standard InChI is InChI=1S/C12H23N/c1-3-4-5-10(2)12(13)9-8-11-6-7-11/h5,11-12H,3-4,6-9,13H2,1-2H3/b10-5-. The van der Waals surface area contributed by atoms with Gasteiger partial charge in [0.2, 0.25) is 0 Å². The smallest absolute Gasteiger partial charge is 0.0250 e. The van der Waals surface area contributed by atoms with Crippen LogP contribution in [0, 0.1) is 5.92 Å². The Balaban J connectivity index is 2.15. The van der Waals surface area contributed by atoms with Crippen LogP contribution in [0.1, 0.15) is 52.4 Å². The van der Waals surface area contributed by atoms with Crippen LogP contribution < -0.4 is 5.73 Å². The Morgan fingerprint density at radius 1 is 1.54 bits per heavy atom. The van der Waals surface area contributed by atoms with Crippen molar-refractivity contribution in [1.29, 1.82) is 0 Å². The van der Waals surface area contributed by atoms with Gasteiger partial charge in [-0.25, -0.2) is 0 Å². The minimum Gasteiger partial charge on any atom is -0.324 e. The lowest BCUT2D eigenvalue weighted by atomic mass is 10.0. The highest BCUT2D eigenvalue weighted by Gasteiger charge is 2.21. The van der Waals surface area contributed by atoms with Crippen LogP contribution in [-0.4, -0.2) is 6.04 Å². The highest BCUT2D eigenvalue weighted by molar-refractivity contribution is 5.06. The van der Waals surface area contributed by atoms with Gasteiger partial charge in [-0.15, -0.1) is 0 Å². The van der Waals surface area contributed by atoms with Gasteiger partial charge in [-0.3, -0.25) is 0 Å². The molecule has 0 saturated heterocycles. The molecule has 0 aromatic heterocycles. The number of rotatable bonds is 6. The van der Waals surface area contributed by atoms with E-state index in [-0.39, 0.29) is 0 Å². The first-order valence-electron chi connectivity index (χ1n) is 5.66. The highest BCUT2D eigenvalue weighted by atomic mass is 14.6. The molecule has 0 aromatic carbocycles. The zero-order valence-electron chi connectivity index (χ0n) is 9.05. The second-order valence-corrected chi connectivity index (χ2v) is 4.36. The van der Waals surface area contributed by atoms with Crippen LogP contribution in [0.2, 0.25) is 0 Å². The fourth-order valence-electron chi connectivity index (χ4n) is 1.57. The first kappa shape index (κ1) is 10.8. The van der Waals surface area contributed by atoms with E-state index < -0.39 is 0 Å². The maximum absolute atomic E-state index is 6.07. The van der Waals surface area contributed by atoms with Crippen molar-refractivity contribution < 1.29 is 0 Å². The molecule has 1 nitrogen and oxygen atoms in total. The van der Waals surface area contributed by atoms with E-state index >= 15 is 0 Å². The Morgan fingerprint density at radius 2 is 2.23 bits per heavy atom. The normalized spacial score (nSPS) is 20.4. The fourth-order valence-corrected chi connectivity index (χ4v) is 1.57. The summed E-state index contributed by atoms with van der Waals surface area (Å²) in [7, 11) is 0. The molecule has 0 heterocycles. The van der Waals surface area contributed by atoms with Gasteiger partial charge < -0.3 is 5.73 Å². The predicted octanol–water partition coefficient (Wildman–Crippen LogP) is 3.25. The van der Waals surface area contributed by atoms with Crippen LogP contribution >= 0.6 is 0 Å². The van der Waals surface area contributed by atoms with Crippen molar-refractivity contribution in [2.75, 3.05) is 0 Å². The van der Waals surface area contributed by atoms with E-state index in [1.807, 2.05) is 0 Å². The van der Waals surface area contributed by atoms with E-state index in [1.165, 1.54) is 44.1 Å². The molecule has 1 atom stereocenters. The molecule has 1 heteroatoms. The topological polar surface area (TPSA) is 26.0 Å². The maximum atomic E-state index is 6.07. The molecule has 1 saturated carbocycles. The molecule has 1 aliphatic rings. The Labute approximate surface area is 82.4 Å². The van der Waals surface area contributed by atoms with Crippen LogP contribution in [0.4, 0.5) is 0 Å². The van der Waals surface area contributed by atoms with Gasteiger partial charge >= 0.3 is 0 Å². The van der Waals surface area contributed by atoms with Crippen LogP contribution in [-0.2, 0) is 0 Å². The zero-order chi connectivity index (χ0) is 9.68. The molecule has 0 aliphatic heterocycles. The third-order valence-corrected chi connectivity index (χ3v) is 2.92. The molecule has 0 bridgehead atoms. The molecule has 1 unspecified atom stereocenters. The molecule has 0 amide bonds. The Hall–Kier alpha value is -0.300. The molecule has 0 radical (unpaired) electrons. The first-order valence-corrected chi connectivity index (χ1v) is 5.66. The molecule has 1 rings (SSSR count). The summed E-state index contributed by atoms with van der Waals surface area (Å²) in [6.45, 7) is 4.38. The van der Waals surface area contributed by atoms with E-state index in [2.05, 4.69) is 19.9 Å². The molecule has 2 N–H and O–H groups in total. The van der Waals surface area contributed by atoms with Crippen LogP contribution in [0.25, 0.3) is 0 Å². The summed E-state index contributed by atoms with van der Waals surface area (Å²) in [6, 6.07) is 0.326. The minimum atomic E-state index is 0.326. The SMILES string of the molecule is CCC/C=C(/C)C(N)CCC1CC1. The lowest BCUT2D eigenvalue weighted by Crippen LogP contribution is -2.21. The molecular formula is C12H23N. The van der Waals surface area contributed by atoms with Gasteiger partial charge in [0.25, 0.3) is 0 Å². The summed E-state index contributed by atoms with van der Waals surface area (Å²) in [5.74, 6) is 1.02. The predicted molar refractivity (Wildman–Crippen MR) is 58.6 cm³/mol. The summed E-state index contributed by atoms with van der Waals surface area (Å²) in [5, 5.41) is 0. The third-order valence-electron chi connectivity index (χ3n) is 2.92. The summed E-state index contributed by atoms with van der Waals surface area (Å²) in [4.78, 5) is 0. The number of unbranched alkanes of at least 4 members (excludes halogenated alkanes) is 1. The first-order chi connectivity index (χ1) is 6.24. The van der Waals surface area contributed by atoms with Crippen molar-refractivity contribution >= 4 is 0 Å². The van der Waals surface area contributed by atoms with Gasteiger partial charge in [0.1, 0.15) is 0 Å². The van der Waals surface area contributed by atoms with Gasteiger partial charge in [-0.2, -0.15) is 0 Å². The van der Waals surface area contributed by atoms with Crippen molar-refractivity contribution in [1.82, 2.24) is 0 Å². The molecule has 13 heavy (non-hydrogen) atoms. The Bertz CT molecular complexity index is 168. The monoisotopic (exact) mass is 181 g/mol. The van der Waals surface area contributed by atoms with E-state index in [0.29, 0.717) is 6.04 Å². The van der Waals surface area contributed by atoms with E-state index in [9.17, 15) is 0 Å². The number of nitrogens with two attached hydrogens (primary N) is 1. The molecule has 1 aliphatic carbocycles. The average Bonchev–Trinajstić information content (AvgIpc) is 2.93. The maximum Gasteiger partial charge on any atom is 0.0250 e. The molecule has 1 fully saturated rings. The number of hydrogen-bond donors (Lipinski definition) is 1. The lowest BCUT2D eigenvalue weighted by Gasteiger charge is -2.11. The second-order valence-electron chi connectivity index (χ2n) is 4.36. The summed E-state index contributed by atoms with van der Waals surface area (Å²) < 4.78 is 0. The van der Waals surface area contributed by atoms with Gasteiger partial charge in [-0.1, -0.05) is 37.8 Å². The van der Waals surface area contributed by atoms with E-state index in [1.54, 1.807) is 0 Å². The lowest BCUT2D eigenvalue weighted by molar-refractivity contribution is 0.599. The van der Waals surface area contributed by atoms with Crippen molar-refractivity contribution in [3.63, 3.8) is 0 Å².